The fourth-order valence-electron chi connectivity index (χ4n) is 4.09. The molecule has 0 N–H and O–H groups in total. The van der Waals surface area contributed by atoms with Crippen LogP contribution < -0.4 is 4.90 Å². The lowest BCUT2D eigenvalue weighted by Gasteiger charge is -2.27. The molecule has 1 aliphatic rings. The lowest BCUT2D eigenvalue weighted by Crippen LogP contribution is -2.36. The van der Waals surface area contributed by atoms with Crippen molar-refractivity contribution in [2.75, 3.05) is 44.9 Å². The van der Waals surface area contributed by atoms with Crippen LogP contribution in [0.1, 0.15) is 42.5 Å². The molecule has 0 radical (unpaired) electrons. The van der Waals surface area contributed by atoms with Gasteiger partial charge in [-0.05, 0) is 56.3 Å². The Hall–Kier alpha value is -3.98. The van der Waals surface area contributed by atoms with Gasteiger partial charge < -0.3 is 23.7 Å². The Kier molecular flexibility index (Phi) is 7.26. The van der Waals surface area contributed by atoms with Crippen LogP contribution in [0.25, 0.3) is 5.69 Å². The van der Waals surface area contributed by atoms with Crippen LogP contribution in [0.2, 0.25) is 0 Å². The minimum Gasteiger partial charge on any atom is -0.465 e. The first-order chi connectivity index (χ1) is 16.9. The fraction of sp³-hybridized carbons (Fsp3) is 0.308. The molecule has 9 nitrogen and oxygen atoms in total. The first-order valence-electron chi connectivity index (χ1n) is 11.3. The quantitative estimate of drug-likeness (QED) is 0.378. The lowest BCUT2D eigenvalue weighted by molar-refractivity contribution is 0.0474. The maximum atomic E-state index is 12.9. The molecule has 3 aromatic rings. The van der Waals surface area contributed by atoms with Gasteiger partial charge in [0.1, 0.15) is 5.82 Å². The number of carbonyl (C=O) groups excluding carboxylic acids is 3. The SMILES string of the molecule is COC(=O)c1ccc(-n2c(C)cc(C(=O)COC(=O)c3ccc(N4CCOCC4)nc3)c2C)cc1. The number of nitrogens with zero attached hydrogens (tertiary/aromatic N) is 3. The summed E-state index contributed by atoms with van der Waals surface area (Å²) >= 11 is 0. The van der Waals surface area contributed by atoms with Crippen LogP contribution in [0, 0.1) is 13.8 Å². The monoisotopic (exact) mass is 477 g/mol. The van der Waals surface area contributed by atoms with E-state index in [4.69, 9.17) is 14.2 Å². The summed E-state index contributed by atoms with van der Waals surface area (Å²) < 4.78 is 17.3. The van der Waals surface area contributed by atoms with Crippen LogP contribution in [0.15, 0.2) is 48.7 Å². The first-order valence-corrected chi connectivity index (χ1v) is 11.3. The molecule has 0 aliphatic carbocycles. The van der Waals surface area contributed by atoms with E-state index in [1.807, 2.05) is 18.4 Å². The molecule has 1 aliphatic heterocycles. The number of esters is 2. The zero-order valence-electron chi connectivity index (χ0n) is 19.9. The van der Waals surface area contributed by atoms with Gasteiger partial charge >= 0.3 is 11.9 Å². The van der Waals surface area contributed by atoms with Gasteiger partial charge in [0.15, 0.2) is 6.61 Å². The fourth-order valence-corrected chi connectivity index (χ4v) is 4.09. The number of anilines is 1. The molecule has 9 heteroatoms. The van der Waals surface area contributed by atoms with E-state index >= 15 is 0 Å². The van der Waals surface area contributed by atoms with E-state index in [0.717, 1.165) is 30.3 Å². The number of methoxy groups -OCH3 is 1. The summed E-state index contributed by atoms with van der Waals surface area (Å²) in [6.07, 6.45) is 1.46. The zero-order valence-corrected chi connectivity index (χ0v) is 19.9. The number of hydrogen-bond acceptors (Lipinski definition) is 8. The van der Waals surface area contributed by atoms with Crippen LogP contribution in [0.4, 0.5) is 5.82 Å². The van der Waals surface area contributed by atoms with Crippen molar-refractivity contribution in [1.82, 2.24) is 9.55 Å². The molecule has 0 bridgehead atoms. The second-order valence-corrected chi connectivity index (χ2v) is 8.16. The Morgan fingerprint density at radius 1 is 0.971 bits per heavy atom. The van der Waals surface area contributed by atoms with E-state index in [9.17, 15) is 14.4 Å². The lowest BCUT2D eigenvalue weighted by atomic mass is 10.1. The third-order valence-electron chi connectivity index (χ3n) is 5.93. The highest BCUT2D eigenvalue weighted by molar-refractivity contribution is 6.00. The molecule has 4 rings (SSSR count). The molecular weight excluding hydrogens is 450 g/mol. The number of carbonyl (C=O) groups is 3. The minimum atomic E-state index is -0.605. The number of rotatable bonds is 7. The Bertz CT molecular complexity index is 1230. The summed E-state index contributed by atoms with van der Waals surface area (Å²) in [5.41, 5.74) is 3.54. The molecule has 2 aromatic heterocycles. The van der Waals surface area contributed by atoms with Crippen molar-refractivity contribution in [1.29, 1.82) is 0 Å². The molecule has 3 heterocycles. The highest BCUT2D eigenvalue weighted by atomic mass is 16.5. The van der Waals surface area contributed by atoms with Crippen molar-refractivity contribution >= 4 is 23.5 Å². The largest absolute Gasteiger partial charge is 0.465 e. The predicted molar refractivity (Wildman–Crippen MR) is 128 cm³/mol. The van der Waals surface area contributed by atoms with E-state index in [-0.39, 0.29) is 18.0 Å². The highest BCUT2D eigenvalue weighted by Crippen LogP contribution is 2.22. The number of morpholine rings is 1. The molecule has 1 fully saturated rings. The van der Waals surface area contributed by atoms with Crippen molar-refractivity contribution in [3.63, 3.8) is 0 Å². The Labute approximate surface area is 203 Å². The Balaban J connectivity index is 1.41. The van der Waals surface area contributed by atoms with Crippen LogP contribution in [0.3, 0.4) is 0 Å². The number of benzene rings is 1. The Morgan fingerprint density at radius 2 is 1.66 bits per heavy atom. The molecule has 0 saturated carbocycles. The van der Waals surface area contributed by atoms with Crippen molar-refractivity contribution in [2.45, 2.75) is 13.8 Å². The maximum Gasteiger partial charge on any atom is 0.340 e. The first kappa shape index (κ1) is 24.2. The van der Waals surface area contributed by atoms with Gasteiger partial charge in [-0.2, -0.15) is 0 Å². The van der Waals surface area contributed by atoms with Crippen molar-refractivity contribution in [2.24, 2.45) is 0 Å². The van der Waals surface area contributed by atoms with Crippen molar-refractivity contribution in [3.8, 4) is 5.69 Å². The van der Waals surface area contributed by atoms with Crippen LogP contribution in [-0.2, 0) is 14.2 Å². The van der Waals surface area contributed by atoms with Gasteiger partial charge in [0.25, 0.3) is 0 Å². The molecular formula is C26H27N3O6. The van der Waals surface area contributed by atoms with Gasteiger partial charge in [-0.1, -0.05) is 0 Å². The molecule has 35 heavy (non-hydrogen) atoms. The normalized spacial score (nSPS) is 13.4. The second-order valence-electron chi connectivity index (χ2n) is 8.16. The number of ether oxygens (including phenoxy) is 3. The molecule has 1 saturated heterocycles. The van der Waals surface area contributed by atoms with Gasteiger partial charge in [-0.25, -0.2) is 14.6 Å². The Morgan fingerprint density at radius 3 is 2.29 bits per heavy atom. The summed E-state index contributed by atoms with van der Waals surface area (Å²) in [6.45, 7) is 6.12. The van der Waals surface area contributed by atoms with Gasteiger partial charge in [0.2, 0.25) is 5.78 Å². The van der Waals surface area contributed by atoms with E-state index in [2.05, 4.69) is 9.88 Å². The molecule has 1 aromatic carbocycles. The smallest absolute Gasteiger partial charge is 0.340 e. The zero-order chi connectivity index (χ0) is 24.9. The summed E-state index contributed by atoms with van der Waals surface area (Å²) in [7, 11) is 1.33. The number of pyridine rings is 1. The summed E-state index contributed by atoms with van der Waals surface area (Å²) in [5.74, 6) is -0.553. The topological polar surface area (TPSA) is 100.0 Å². The summed E-state index contributed by atoms with van der Waals surface area (Å²) in [6, 6.07) is 12.1. The number of Topliss-reactive ketones (excluding diaryl/α,β-unsaturated/α-hetero) is 1. The average Bonchev–Trinajstić information content (AvgIpc) is 3.20. The molecule has 0 unspecified atom stereocenters. The van der Waals surface area contributed by atoms with Gasteiger partial charge in [0.05, 0.1) is 31.5 Å². The second kappa shape index (κ2) is 10.5. The number of aryl methyl sites for hydroxylation is 1. The highest BCUT2D eigenvalue weighted by Gasteiger charge is 2.20. The maximum absolute atomic E-state index is 12.9. The number of aromatic nitrogens is 2. The minimum absolute atomic E-state index is 0.283. The molecule has 0 spiro atoms. The van der Waals surface area contributed by atoms with Crippen molar-refractivity contribution in [3.05, 3.63) is 76.7 Å². The predicted octanol–water partition coefficient (Wildman–Crippen LogP) is 3.15. The van der Waals surface area contributed by atoms with Gasteiger partial charge in [0, 0.05) is 41.9 Å². The van der Waals surface area contributed by atoms with Gasteiger partial charge in [-0.15, -0.1) is 0 Å². The van der Waals surface area contributed by atoms with Crippen molar-refractivity contribution < 1.29 is 28.6 Å². The van der Waals surface area contributed by atoms with E-state index in [1.165, 1.54) is 13.3 Å². The van der Waals surface area contributed by atoms with E-state index < -0.39 is 11.9 Å². The van der Waals surface area contributed by atoms with Crippen LogP contribution >= 0.6 is 0 Å². The van der Waals surface area contributed by atoms with E-state index in [1.54, 1.807) is 42.5 Å². The standard InChI is InChI=1S/C26H27N3O6/c1-17-14-22(18(2)29(17)21-7-4-19(5-8-21)25(31)33-3)23(30)16-35-26(32)20-6-9-24(27-15-20)28-10-12-34-13-11-28/h4-9,14-15H,10-13,16H2,1-3H3. The molecule has 182 valence electrons. The van der Waals surface area contributed by atoms with Gasteiger partial charge in [-0.3, -0.25) is 4.79 Å². The third-order valence-corrected chi connectivity index (χ3v) is 5.93. The van der Waals surface area contributed by atoms with E-state index in [0.29, 0.717) is 30.0 Å². The van der Waals surface area contributed by atoms with Crippen LogP contribution in [-0.4, -0.2) is 67.3 Å². The average molecular weight is 478 g/mol. The molecule has 0 atom stereocenters. The number of ketones is 1. The number of hydrogen-bond donors (Lipinski definition) is 0. The van der Waals surface area contributed by atoms with Crippen LogP contribution in [0.5, 0.6) is 0 Å². The third kappa shape index (κ3) is 5.25. The molecule has 0 amide bonds. The summed E-state index contributed by atoms with van der Waals surface area (Å²) in [5, 5.41) is 0. The summed E-state index contributed by atoms with van der Waals surface area (Å²) in [4.78, 5) is 43.4.